The molecule has 0 aliphatic rings. The van der Waals surface area contributed by atoms with Gasteiger partial charge in [0.1, 0.15) is 0 Å². The van der Waals surface area contributed by atoms with Gasteiger partial charge in [0.25, 0.3) is 0 Å². The molecule has 0 nitrogen and oxygen atoms in total. The molecule has 4 rings (SSSR count). The van der Waals surface area contributed by atoms with Gasteiger partial charge in [0.05, 0.1) is 0 Å². The maximum Gasteiger partial charge on any atom is 0.00720 e. The standard InChI is InChI=1S/C18H13Br/c19-11-10-12-4-5-15-7-6-13-2-1-3-14-8-9-16(12)18(15)17(13)14/h1-9H,10-11H2. The van der Waals surface area contributed by atoms with Crippen molar-refractivity contribution in [2.24, 2.45) is 0 Å². The van der Waals surface area contributed by atoms with Crippen LogP contribution in [-0.2, 0) is 6.42 Å². The first-order chi connectivity index (χ1) is 9.38. The molecule has 19 heavy (non-hydrogen) atoms. The lowest BCUT2D eigenvalue weighted by Crippen LogP contribution is -1.90. The third-order valence-electron chi connectivity index (χ3n) is 3.98. The minimum atomic E-state index is 1.01. The van der Waals surface area contributed by atoms with Crippen molar-refractivity contribution < 1.29 is 0 Å². The van der Waals surface area contributed by atoms with Gasteiger partial charge in [-0.05, 0) is 44.3 Å². The van der Waals surface area contributed by atoms with Crippen LogP contribution in [-0.4, -0.2) is 5.33 Å². The van der Waals surface area contributed by atoms with Crippen molar-refractivity contribution in [3.05, 3.63) is 60.2 Å². The molecular formula is C18H13Br. The van der Waals surface area contributed by atoms with Crippen molar-refractivity contribution in [2.45, 2.75) is 6.42 Å². The minimum absolute atomic E-state index is 1.01. The Hall–Kier alpha value is -1.60. The van der Waals surface area contributed by atoms with Gasteiger partial charge in [-0.3, -0.25) is 0 Å². The van der Waals surface area contributed by atoms with E-state index in [4.69, 9.17) is 0 Å². The Morgan fingerprint density at radius 1 is 0.684 bits per heavy atom. The van der Waals surface area contributed by atoms with Crippen LogP contribution in [0.4, 0.5) is 0 Å². The van der Waals surface area contributed by atoms with E-state index in [2.05, 4.69) is 70.5 Å². The van der Waals surface area contributed by atoms with Crippen LogP contribution >= 0.6 is 15.9 Å². The molecule has 0 unspecified atom stereocenters. The van der Waals surface area contributed by atoms with E-state index < -0.39 is 0 Å². The second-order valence-electron chi connectivity index (χ2n) is 5.02. The van der Waals surface area contributed by atoms with E-state index in [0.717, 1.165) is 11.8 Å². The highest BCUT2D eigenvalue weighted by Gasteiger charge is 2.09. The molecule has 0 saturated carbocycles. The summed E-state index contributed by atoms with van der Waals surface area (Å²) in [5, 5.41) is 9.27. The number of halogens is 1. The van der Waals surface area contributed by atoms with E-state index >= 15 is 0 Å². The number of benzene rings is 4. The molecule has 1 heteroatoms. The normalized spacial score (nSPS) is 11.8. The summed E-state index contributed by atoms with van der Waals surface area (Å²) < 4.78 is 0. The third kappa shape index (κ3) is 1.58. The Balaban J connectivity index is 2.28. The molecule has 0 aromatic heterocycles. The highest BCUT2D eigenvalue weighted by molar-refractivity contribution is 9.09. The van der Waals surface area contributed by atoms with E-state index in [-0.39, 0.29) is 0 Å². The van der Waals surface area contributed by atoms with Gasteiger partial charge in [0, 0.05) is 5.33 Å². The van der Waals surface area contributed by atoms with Gasteiger partial charge in [-0.15, -0.1) is 0 Å². The van der Waals surface area contributed by atoms with Crippen LogP contribution in [0.1, 0.15) is 5.56 Å². The molecule has 0 radical (unpaired) electrons. The van der Waals surface area contributed by atoms with Crippen LogP contribution in [0.15, 0.2) is 54.6 Å². The van der Waals surface area contributed by atoms with Gasteiger partial charge in [-0.25, -0.2) is 0 Å². The Morgan fingerprint density at radius 2 is 1.32 bits per heavy atom. The van der Waals surface area contributed by atoms with E-state index in [9.17, 15) is 0 Å². The lowest BCUT2D eigenvalue weighted by Gasteiger charge is -2.13. The van der Waals surface area contributed by atoms with Crippen molar-refractivity contribution >= 4 is 48.2 Å². The van der Waals surface area contributed by atoms with Gasteiger partial charge in [-0.1, -0.05) is 70.5 Å². The average Bonchev–Trinajstić information content (AvgIpc) is 2.46. The number of hydrogen-bond donors (Lipinski definition) is 0. The molecule has 0 saturated heterocycles. The lowest BCUT2D eigenvalue weighted by atomic mass is 9.91. The van der Waals surface area contributed by atoms with Crippen LogP contribution < -0.4 is 0 Å². The minimum Gasteiger partial charge on any atom is -0.0924 e. The van der Waals surface area contributed by atoms with Crippen LogP contribution in [0.25, 0.3) is 32.3 Å². The zero-order chi connectivity index (χ0) is 12.8. The molecule has 0 heterocycles. The summed E-state index contributed by atoms with van der Waals surface area (Å²) in [5.74, 6) is 0. The zero-order valence-corrected chi connectivity index (χ0v) is 12.1. The van der Waals surface area contributed by atoms with E-state index in [1.54, 1.807) is 0 Å². The van der Waals surface area contributed by atoms with Crippen LogP contribution in [0.5, 0.6) is 0 Å². The fraction of sp³-hybridized carbons (Fsp3) is 0.111. The molecule has 0 fully saturated rings. The lowest BCUT2D eigenvalue weighted by molar-refractivity contribution is 1.19. The largest absolute Gasteiger partial charge is 0.0924 e. The molecule has 0 atom stereocenters. The maximum atomic E-state index is 3.55. The second-order valence-corrected chi connectivity index (χ2v) is 5.81. The first-order valence-electron chi connectivity index (χ1n) is 6.60. The van der Waals surface area contributed by atoms with Crippen LogP contribution in [0.2, 0.25) is 0 Å². The number of hydrogen-bond acceptors (Lipinski definition) is 0. The summed E-state index contributed by atoms with van der Waals surface area (Å²) in [4.78, 5) is 0. The maximum absolute atomic E-state index is 3.55. The molecule has 0 bridgehead atoms. The Kier molecular flexibility index (Phi) is 2.49. The average molecular weight is 309 g/mol. The Labute approximate surface area is 120 Å². The van der Waals surface area contributed by atoms with Crippen molar-refractivity contribution in [1.82, 2.24) is 0 Å². The fourth-order valence-electron chi connectivity index (χ4n) is 3.12. The summed E-state index contributed by atoms with van der Waals surface area (Å²) in [5.41, 5.74) is 1.43. The monoisotopic (exact) mass is 308 g/mol. The summed E-state index contributed by atoms with van der Waals surface area (Å²) in [7, 11) is 0. The molecule has 92 valence electrons. The molecule has 4 aromatic rings. The fourth-order valence-corrected chi connectivity index (χ4v) is 3.54. The Morgan fingerprint density at radius 3 is 2.05 bits per heavy atom. The third-order valence-corrected chi connectivity index (χ3v) is 4.38. The van der Waals surface area contributed by atoms with Crippen molar-refractivity contribution in [3.8, 4) is 0 Å². The SMILES string of the molecule is BrCCc1ccc2ccc3cccc4ccc1c2c34. The molecule has 0 N–H and O–H groups in total. The zero-order valence-electron chi connectivity index (χ0n) is 10.5. The van der Waals surface area contributed by atoms with E-state index in [1.807, 2.05) is 0 Å². The van der Waals surface area contributed by atoms with Crippen molar-refractivity contribution in [3.63, 3.8) is 0 Å². The second kappa shape index (κ2) is 4.21. The first-order valence-corrected chi connectivity index (χ1v) is 7.72. The van der Waals surface area contributed by atoms with Gasteiger partial charge < -0.3 is 0 Å². The van der Waals surface area contributed by atoms with Crippen LogP contribution in [0, 0.1) is 0 Å². The number of rotatable bonds is 2. The molecule has 0 amide bonds. The van der Waals surface area contributed by atoms with Crippen LogP contribution in [0.3, 0.4) is 0 Å². The molecule has 0 aliphatic carbocycles. The van der Waals surface area contributed by atoms with E-state index in [1.165, 1.54) is 37.9 Å². The number of aryl methyl sites for hydroxylation is 1. The predicted molar refractivity (Wildman–Crippen MR) is 87.6 cm³/mol. The quantitative estimate of drug-likeness (QED) is 0.338. The van der Waals surface area contributed by atoms with Gasteiger partial charge >= 0.3 is 0 Å². The summed E-state index contributed by atoms with van der Waals surface area (Å²) in [6.07, 6.45) is 1.08. The molecular weight excluding hydrogens is 296 g/mol. The molecule has 0 spiro atoms. The molecule has 4 aromatic carbocycles. The summed E-state index contributed by atoms with van der Waals surface area (Å²) in [6.45, 7) is 0. The summed E-state index contributed by atoms with van der Waals surface area (Å²) in [6, 6.07) is 20.1. The van der Waals surface area contributed by atoms with Gasteiger partial charge in [0.2, 0.25) is 0 Å². The Bertz CT molecular complexity index is 861. The van der Waals surface area contributed by atoms with Gasteiger partial charge in [-0.2, -0.15) is 0 Å². The molecule has 0 aliphatic heterocycles. The highest BCUT2D eigenvalue weighted by Crippen LogP contribution is 2.35. The predicted octanol–water partition coefficient (Wildman–Crippen LogP) is 5.52. The topological polar surface area (TPSA) is 0 Å². The van der Waals surface area contributed by atoms with E-state index in [0.29, 0.717) is 0 Å². The smallest absolute Gasteiger partial charge is 0.00720 e. The highest BCUT2D eigenvalue weighted by atomic mass is 79.9. The van der Waals surface area contributed by atoms with Crippen molar-refractivity contribution in [2.75, 3.05) is 5.33 Å². The van der Waals surface area contributed by atoms with Gasteiger partial charge in [0.15, 0.2) is 0 Å². The summed E-state index contributed by atoms with van der Waals surface area (Å²) >= 11 is 3.55. The first kappa shape index (κ1) is 11.2. The van der Waals surface area contributed by atoms with Crippen molar-refractivity contribution in [1.29, 1.82) is 0 Å². The number of alkyl halides is 1.